The number of aromatic nitrogens is 1. The molecule has 1 aromatic heterocycles. The van der Waals surface area contributed by atoms with E-state index in [2.05, 4.69) is 0 Å². The van der Waals surface area contributed by atoms with E-state index in [0.717, 1.165) is 15.9 Å². The minimum atomic E-state index is -4.39. The predicted molar refractivity (Wildman–Crippen MR) is 90.2 cm³/mol. The maximum Gasteiger partial charge on any atom is 0.406 e. The third kappa shape index (κ3) is 4.15. The van der Waals surface area contributed by atoms with Crippen LogP contribution in [0.5, 0.6) is 5.75 Å². The van der Waals surface area contributed by atoms with Crippen molar-refractivity contribution in [2.75, 3.05) is 13.2 Å². The summed E-state index contributed by atoms with van der Waals surface area (Å²) in [5.41, 5.74) is 1.83. The Morgan fingerprint density at radius 2 is 1.96 bits per heavy atom. The molecule has 0 bridgehead atoms. The van der Waals surface area contributed by atoms with Crippen LogP contribution in [-0.2, 0) is 17.7 Å². The van der Waals surface area contributed by atoms with Gasteiger partial charge in [0.1, 0.15) is 12.3 Å². The Balaban J connectivity index is 1.67. The Hall–Kier alpha value is -2.77. The molecule has 0 unspecified atom stereocenters. The zero-order valence-electron chi connectivity index (χ0n) is 14.9. The number of aryl methyl sites for hydroxylation is 1. The van der Waals surface area contributed by atoms with Gasteiger partial charge in [-0.3, -0.25) is 4.79 Å². The summed E-state index contributed by atoms with van der Waals surface area (Å²) in [6.07, 6.45) is -3.70. The van der Waals surface area contributed by atoms with Crippen LogP contribution in [0.2, 0.25) is 0 Å². The molecule has 0 radical (unpaired) electrons. The number of ketones is 1. The Morgan fingerprint density at radius 1 is 1.22 bits per heavy atom. The van der Waals surface area contributed by atoms with Gasteiger partial charge in [0.25, 0.3) is 0 Å². The van der Waals surface area contributed by atoms with Crippen LogP contribution >= 0.6 is 0 Å². The highest BCUT2D eigenvalue weighted by molar-refractivity contribution is 6.00. The fourth-order valence-corrected chi connectivity index (χ4v) is 3.11. The lowest BCUT2D eigenvalue weighted by molar-refractivity contribution is -0.141. The topological polar surface area (TPSA) is 57.5 Å². The molecule has 8 heteroatoms. The van der Waals surface area contributed by atoms with E-state index >= 15 is 0 Å². The molecular weight excluding hydrogens is 363 g/mol. The third-order valence-electron chi connectivity index (χ3n) is 4.47. The lowest BCUT2D eigenvalue weighted by atomic mass is 10.1. The molecule has 1 aliphatic rings. The quantitative estimate of drug-likeness (QED) is 0.586. The summed E-state index contributed by atoms with van der Waals surface area (Å²) < 4.78 is 49.4. The monoisotopic (exact) mass is 381 g/mol. The van der Waals surface area contributed by atoms with Crippen molar-refractivity contribution < 1.29 is 32.2 Å². The van der Waals surface area contributed by atoms with Gasteiger partial charge in [-0.15, -0.1) is 0 Å². The van der Waals surface area contributed by atoms with Gasteiger partial charge in [-0.1, -0.05) is 0 Å². The first kappa shape index (κ1) is 19.0. The van der Waals surface area contributed by atoms with Crippen LogP contribution in [0.4, 0.5) is 13.2 Å². The molecule has 0 atom stereocenters. The summed E-state index contributed by atoms with van der Waals surface area (Å²) in [5.74, 6) is -0.490. The van der Waals surface area contributed by atoms with E-state index in [1.807, 2.05) is 0 Å². The number of hydrogen-bond acceptors (Lipinski definition) is 4. The number of esters is 1. The molecule has 2 aromatic rings. The number of ether oxygens (including phenoxy) is 2. The highest BCUT2D eigenvalue weighted by Gasteiger charge is 2.30. The Kier molecular flexibility index (Phi) is 4.99. The molecule has 0 saturated heterocycles. The van der Waals surface area contributed by atoms with Gasteiger partial charge < -0.3 is 14.0 Å². The molecule has 0 saturated carbocycles. The van der Waals surface area contributed by atoms with Crippen molar-refractivity contribution in [3.8, 4) is 5.75 Å². The van der Waals surface area contributed by atoms with Crippen molar-refractivity contribution >= 4 is 11.8 Å². The molecule has 0 fully saturated rings. The molecule has 1 aliphatic heterocycles. The number of halogens is 3. The lowest BCUT2D eigenvalue weighted by Gasteiger charge is -2.12. The van der Waals surface area contributed by atoms with Crippen molar-refractivity contribution in [2.45, 2.75) is 33.0 Å². The standard InChI is InChI=1S/C19H18F3NO4/c1-11-7-15(12(2)23(11)10-19(20,21)22)16(24)9-27-18(25)14-3-4-17-13(8-14)5-6-26-17/h3-4,7-8H,5-6,9-10H2,1-2H3. The predicted octanol–water partition coefficient (Wildman–Crippen LogP) is 3.64. The second-order valence-corrected chi connectivity index (χ2v) is 6.41. The molecule has 0 spiro atoms. The number of nitrogens with zero attached hydrogens (tertiary/aromatic N) is 1. The van der Waals surface area contributed by atoms with E-state index in [-0.39, 0.29) is 11.3 Å². The number of Topliss-reactive ketones (excluding diaryl/α,β-unsaturated/α-hetero) is 1. The average Bonchev–Trinajstić information content (AvgIpc) is 3.17. The molecule has 0 N–H and O–H groups in total. The number of fused-ring (bicyclic) bond motifs is 1. The number of carbonyl (C=O) groups is 2. The number of alkyl halides is 3. The molecule has 0 aliphatic carbocycles. The highest BCUT2D eigenvalue weighted by atomic mass is 19.4. The fraction of sp³-hybridized carbons (Fsp3) is 0.368. The fourth-order valence-electron chi connectivity index (χ4n) is 3.11. The zero-order valence-corrected chi connectivity index (χ0v) is 14.9. The first-order valence-corrected chi connectivity index (χ1v) is 8.35. The molecule has 3 rings (SSSR count). The molecule has 144 valence electrons. The Morgan fingerprint density at radius 3 is 2.67 bits per heavy atom. The molecular formula is C19H18F3NO4. The van der Waals surface area contributed by atoms with Gasteiger partial charge in [0.15, 0.2) is 6.61 Å². The van der Waals surface area contributed by atoms with E-state index in [4.69, 9.17) is 9.47 Å². The van der Waals surface area contributed by atoms with Gasteiger partial charge in [0.2, 0.25) is 5.78 Å². The highest BCUT2D eigenvalue weighted by Crippen LogP contribution is 2.26. The molecule has 5 nitrogen and oxygen atoms in total. The summed E-state index contributed by atoms with van der Waals surface area (Å²) in [7, 11) is 0. The third-order valence-corrected chi connectivity index (χ3v) is 4.47. The zero-order chi connectivity index (χ0) is 19.8. The summed E-state index contributed by atoms with van der Waals surface area (Å²) >= 11 is 0. The van der Waals surface area contributed by atoms with Gasteiger partial charge in [0, 0.05) is 23.4 Å². The van der Waals surface area contributed by atoms with Crippen LogP contribution in [-0.4, -0.2) is 35.7 Å². The summed E-state index contributed by atoms with van der Waals surface area (Å²) in [4.78, 5) is 24.5. The average molecular weight is 381 g/mol. The van der Waals surface area contributed by atoms with E-state index in [1.54, 1.807) is 18.2 Å². The van der Waals surface area contributed by atoms with Crippen LogP contribution in [0.25, 0.3) is 0 Å². The number of benzene rings is 1. The molecule has 0 amide bonds. The molecule has 2 heterocycles. The number of rotatable bonds is 5. The summed E-state index contributed by atoms with van der Waals surface area (Å²) in [6.45, 7) is 1.78. The van der Waals surface area contributed by atoms with E-state index in [9.17, 15) is 22.8 Å². The summed E-state index contributed by atoms with van der Waals surface area (Å²) in [5, 5.41) is 0. The van der Waals surface area contributed by atoms with Gasteiger partial charge in [-0.2, -0.15) is 13.2 Å². The van der Waals surface area contributed by atoms with Crippen molar-refractivity contribution in [2.24, 2.45) is 0 Å². The van der Waals surface area contributed by atoms with Gasteiger partial charge in [-0.05, 0) is 43.7 Å². The second-order valence-electron chi connectivity index (χ2n) is 6.41. The van der Waals surface area contributed by atoms with Crippen LogP contribution in [0.15, 0.2) is 24.3 Å². The maximum atomic E-state index is 12.7. The SMILES string of the molecule is Cc1cc(C(=O)COC(=O)c2ccc3c(c2)CCO3)c(C)n1CC(F)(F)F. The van der Waals surface area contributed by atoms with Gasteiger partial charge in [-0.25, -0.2) is 4.79 Å². The smallest absolute Gasteiger partial charge is 0.406 e. The van der Waals surface area contributed by atoms with Crippen molar-refractivity contribution in [3.63, 3.8) is 0 Å². The van der Waals surface area contributed by atoms with Gasteiger partial charge >= 0.3 is 12.1 Å². The first-order valence-electron chi connectivity index (χ1n) is 8.35. The van der Waals surface area contributed by atoms with Crippen molar-refractivity contribution in [1.29, 1.82) is 0 Å². The summed E-state index contributed by atoms with van der Waals surface area (Å²) in [6, 6.07) is 6.26. The molecule has 27 heavy (non-hydrogen) atoms. The number of carbonyl (C=O) groups excluding carboxylic acids is 2. The largest absolute Gasteiger partial charge is 0.493 e. The lowest BCUT2D eigenvalue weighted by Crippen LogP contribution is -2.20. The first-order chi connectivity index (χ1) is 12.7. The minimum Gasteiger partial charge on any atom is -0.493 e. The maximum absolute atomic E-state index is 12.7. The Bertz CT molecular complexity index is 899. The van der Waals surface area contributed by atoms with Crippen LogP contribution < -0.4 is 4.74 Å². The van der Waals surface area contributed by atoms with Crippen LogP contribution in [0.1, 0.15) is 37.7 Å². The van der Waals surface area contributed by atoms with E-state index < -0.39 is 31.1 Å². The minimum absolute atomic E-state index is 0.118. The second kappa shape index (κ2) is 7.09. The van der Waals surface area contributed by atoms with Crippen molar-refractivity contribution in [3.05, 3.63) is 52.3 Å². The van der Waals surface area contributed by atoms with E-state index in [1.165, 1.54) is 19.9 Å². The van der Waals surface area contributed by atoms with Gasteiger partial charge in [0.05, 0.1) is 12.2 Å². The number of hydrogen-bond donors (Lipinski definition) is 0. The van der Waals surface area contributed by atoms with E-state index in [0.29, 0.717) is 24.3 Å². The molecule has 1 aromatic carbocycles. The van der Waals surface area contributed by atoms with Crippen LogP contribution in [0.3, 0.4) is 0 Å². The van der Waals surface area contributed by atoms with Crippen LogP contribution in [0, 0.1) is 13.8 Å². The normalized spacial score (nSPS) is 13.2. The van der Waals surface area contributed by atoms with Crippen molar-refractivity contribution in [1.82, 2.24) is 4.57 Å². The Labute approximate surface area is 153 Å².